The normalized spacial score (nSPS) is 15.3. The van der Waals surface area contributed by atoms with Crippen molar-refractivity contribution in [2.45, 2.75) is 6.92 Å². The summed E-state index contributed by atoms with van der Waals surface area (Å²) in [4.78, 5) is 15.2. The van der Waals surface area contributed by atoms with Crippen molar-refractivity contribution in [3.63, 3.8) is 0 Å². The Morgan fingerprint density at radius 1 is 1.40 bits per heavy atom. The van der Waals surface area contributed by atoms with Gasteiger partial charge in [-0.2, -0.15) is 0 Å². The Morgan fingerprint density at radius 2 is 2.05 bits per heavy atom. The molecule has 0 aliphatic carbocycles. The molecule has 1 aromatic rings. The van der Waals surface area contributed by atoms with Crippen LogP contribution in [0.15, 0.2) is 12.1 Å². The van der Waals surface area contributed by atoms with Crippen LogP contribution in [0.25, 0.3) is 0 Å². The minimum atomic E-state index is -0.497. The van der Waals surface area contributed by atoms with Crippen LogP contribution >= 0.6 is 11.6 Å². The summed E-state index contributed by atoms with van der Waals surface area (Å²) in [6.45, 7) is 4.30. The second kappa shape index (κ2) is 6.17. The molecule has 2 N–H and O–H groups in total. The van der Waals surface area contributed by atoms with Crippen LogP contribution in [0.1, 0.15) is 6.92 Å². The molecule has 1 amide bonds. The van der Waals surface area contributed by atoms with Crippen molar-refractivity contribution < 1.29 is 13.9 Å². The summed E-state index contributed by atoms with van der Waals surface area (Å²) in [5.74, 6) is -0.497. The number of nitrogen functional groups attached to an aromatic ring is 1. The van der Waals surface area contributed by atoms with Crippen molar-refractivity contribution in [1.29, 1.82) is 0 Å². The van der Waals surface area contributed by atoms with Gasteiger partial charge in [0.15, 0.2) is 0 Å². The Kier molecular flexibility index (Phi) is 4.54. The lowest BCUT2D eigenvalue weighted by molar-refractivity contribution is 0.105. The number of rotatable bonds is 2. The number of piperazine rings is 1. The van der Waals surface area contributed by atoms with Crippen LogP contribution in [-0.4, -0.2) is 43.8 Å². The third-order valence-electron chi connectivity index (χ3n) is 3.22. The first-order valence-corrected chi connectivity index (χ1v) is 6.82. The van der Waals surface area contributed by atoms with E-state index in [4.69, 9.17) is 22.1 Å². The molecule has 0 atom stereocenters. The number of carbonyl (C=O) groups excluding carboxylic acids is 1. The first-order chi connectivity index (χ1) is 9.52. The molecule has 1 heterocycles. The van der Waals surface area contributed by atoms with Gasteiger partial charge in [0.1, 0.15) is 5.82 Å². The SMILES string of the molecule is CCOC(=O)N1CCN(c2cc(F)c(Cl)cc2N)CC1. The van der Waals surface area contributed by atoms with Crippen LogP contribution in [0.2, 0.25) is 5.02 Å². The van der Waals surface area contributed by atoms with Crippen LogP contribution in [0, 0.1) is 5.82 Å². The number of amides is 1. The van der Waals surface area contributed by atoms with Gasteiger partial charge in [-0.1, -0.05) is 11.6 Å². The predicted octanol–water partition coefficient (Wildman–Crippen LogP) is 2.34. The van der Waals surface area contributed by atoms with E-state index in [1.54, 1.807) is 11.8 Å². The Balaban J connectivity index is 2.04. The highest BCUT2D eigenvalue weighted by Gasteiger charge is 2.23. The lowest BCUT2D eigenvalue weighted by Crippen LogP contribution is -2.49. The lowest BCUT2D eigenvalue weighted by atomic mass is 10.2. The number of anilines is 2. The molecule has 7 heteroatoms. The second-order valence-electron chi connectivity index (χ2n) is 4.50. The molecule has 110 valence electrons. The standard InChI is InChI=1S/C13H17ClFN3O2/c1-2-20-13(19)18-5-3-17(4-6-18)12-8-10(15)9(14)7-11(12)16/h7-8H,2-6,16H2,1H3. The van der Waals surface area contributed by atoms with Gasteiger partial charge in [-0.15, -0.1) is 0 Å². The van der Waals surface area contributed by atoms with Gasteiger partial charge in [0.05, 0.1) is 23.0 Å². The maximum Gasteiger partial charge on any atom is 0.409 e. The highest BCUT2D eigenvalue weighted by atomic mass is 35.5. The Hall–Kier alpha value is -1.69. The molecule has 1 saturated heterocycles. The smallest absolute Gasteiger partial charge is 0.409 e. The summed E-state index contributed by atoms with van der Waals surface area (Å²) in [6, 6.07) is 2.74. The van der Waals surface area contributed by atoms with E-state index in [1.807, 2.05) is 4.90 Å². The van der Waals surface area contributed by atoms with Crippen molar-refractivity contribution in [2.75, 3.05) is 43.4 Å². The molecule has 20 heavy (non-hydrogen) atoms. The van der Waals surface area contributed by atoms with E-state index in [2.05, 4.69) is 0 Å². The summed E-state index contributed by atoms with van der Waals surface area (Å²) in [6.07, 6.45) is -0.317. The van der Waals surface area contributed by atoms with Crippen molar-refractivity contribution >= 4 is 29.1 Å². The van der Waals surface area contributed by atoms with Crippen LogP contribution in [0.3, 0.4) is 0 Å². The van der Waals surface area contributed by atoms with Crippen LogP contribution < -0.4 is 10.6 Å². The molecular formula is C13H17ClFN3O2. The number of ether oxygens (including phenoxy) is 1. The van der Waals surface area contributed by atoms with E-state index >= 15 is 0 Å². The quantitative estimate of drug-likeness (QED) is 0.852. The highest BCUT2D eigenvalue weighted by molar-refractivity contribution is 6.31. The van der Waals surface area contributed by atoms with Crippen LogP contribution in [0.5, 0.6) is 0 Å². The van der Waals surface area contributed by atoms with E-state index < -0.39 is 5.82 Å². The summed E-state index contributed by atoms with van der Waals surface area (Å²) in [5, 5.41) is 0.0106. The van der Waals surface area contributed by atoms with Crippen LogP contribution in [0.4, 0.5) is 20.6 Å². The summed E-state index contributed by atoms with van der Waals surface area (Å²) in [5.41, 5.74) is 6.90. The molecule has 5 nitrogen and oxygen atoms in total. The third kappa shape index (κ3) is 3.07. The lowest BCUT2D eigenvalue weighted by Gasteiger charge is -2.36. The minimum Gasteiger partial charge on any atom is -0.450 e. The van der Waals surface area contributed by atoms with E-state index in [0.717, 1.165) is 0 Å². The van der Waals surface area contributed by atoms with Crippen molar-refractivity contribution in [3.05, 3.63) is 23.0 Å². The van der Waals surface area contributed by atoms with E-state index in [-0.39, 0.29) is 11.1 Å². The molecule has 1 aliphatic rings. The molecule has 1 fully saturated rings. The van der Waals surface area contributed by atoms with E-state index in [1.165, 1.54) is 12.1 Å². The maximum atomic E-state index is 13.5. The summed E-state index contributed by atoms with van der Waals surface area (Å²) >= 11 is 5.68. The fourth-order valence-corrected chi connectivity index (χ4v) is 2.34. The number of halogens is 2. The Bertz CT molecular complexity index is 505. The average molecular weight is 302 g/mol. The molecule has 0 aromatic heterocycles. The van der Waals surface area contributed by atoms with Gasteiger partial charge in [-0.25, -0.2) is 9.18 Å². The van der Waals surface area contributed by atoms with Gasteiger partial charge in [0.2, 0.25) is 0 Å². The number of hydrogen-bond donors (Lipinski definition) is 1. The Morgan fingerprint density at radius 3 is 2.65 bits per heavy atom. The zero-order valence-corrected chi connectivity index (χ0v) is 12.0. The van der Waals surface area contributed by atoms with Crippen molar-refractivity contribution in [1.82, 2.24) is 4.90 Å². The topological polar surface area (TPSA) is 58.8 Å². The number of hydrogen-bond acceptors (Lipinski definition) is 4. The fraction of sp³-hybridized carbons (Fsp3) is 0.462. The summed E-state index contributed by atoms with van der Waals surface area (Å²) < 4.78 is 18.5. The monoisotopic (exact) mass is 301 g/mol. The molecule has 0 saturated carbocycles. The summed E-state index contributed by atoms with van der Waals surface area (Å²) in [7, 11) is 0. The number of benzene rings is 1. The van der Waals surface area contributed by atoms with E-state index in [9.17, 15) is 9.18 Å². The maximum absolute atomic E-state index is 13.5. The Labute approximate surface area is 122 Å². The molecule has 0 unspecified atom stereocenters. The van der Waals surface area contributed by atoms with Gasteiger partial charge < -0.3 is 20.3 Å². The molecule has 0 bridgehead atoms. The van der Waals surface area contributed by atoms with Gasteiger partial charge in [0.25, 0.3) is 0 Å². The third-order valence-corrected chi connectivity index (χ3v) is 3.51. The first kappa shape index (κ1) is 14.7. The van der Waals surface area contributed by atoms with Gasteiger partial charge in [-0.3, -0.25) is 0 Å². The van der Waals surface area contributed by atoms with Crippen molar-refractivity contribution in [3.8, 4) is 0 Å². The number of nitrogens with zero attached hydrogens (tertiary/aromatic N) is 2. The first-order valence-electron chi connectivity index (χ1n) is 6.44. The fourth-order valence-electron chi connectivity index (χ4n) is 2.17. The predicted molar refractivity (Wildman–Crippen MR) is 76.6 cm³/mol. The molecule has 2 rings (SSSR count). The molecule has 0 spiro atoms. The van der Waals surface area contributed by atoms with Gasteiger partial charge in [-0.05, 0) is 13.0 Å². The molecule has 1 aliphatic heterocycles. The molecular weight excluding hydrogens is 285 g/mol. The van der Waals surface area contributed by atoms with Crippen LogP contribution in [-0.2, 0) is 4.74 Å². The van der Waals surface area contributed by atoms with Gasteiger partial charge >= 0.3 is 6.09 Å². The van der Waals surface area contributed by atoms with Gasteiger partial charge in [0, 0.05) is 32.2 Å². The zero-order valence-electron chi connectivity index (χ0n) is 11.2. The molecule has 0 radical (unpaired) electrons. The highest BCUT2D eigenvalue weighted by Crippen LogP contribution is 2.29. The number of nitrogens with two attached hydrogens (primary N) is 1. The largest absolute Gasteiger partial charge is 0.450 e. The molecule has 1 aromatic carbocycles. The minimum absolute atomic E-state index is 0.0106. The average Bonchev–Trinajstić information content (AvgIpc) is 2.43. The second-order valence-corrected chi connectivity index (χ2v) is 4.91. The number of carbonyl (C=O) groups is 1. The van der Waals surface area contributed by atoms with Crippen molar-refractivity contribution in [2.24, 2.45) is 0 Å². The van der Waals surface area contributed by atoms with E-state index in [0.29, 0.717) is 44.2 Å². The zero-order chi connectivity index (χ0) is 14.7.